The zero-order valence-electron chi connectivity index (χ0n) is 12.9. The van der Waals surface area contributed by atoms with E-state index in [0.29, 0.717) is 19.5 Å². The third-order valence-electron chi connectivity index (χ3n) is 3.89. The number of nitrogens with zero attached hydrogens (tertiary/aromatic N) is 1. The Labute approximate surface area is 126 Å². The molecule has 0 aromatic heterocycles. The van der Waals surface area contributed by atoms with E-state index < -0.39 is 0 Å². The number of carbonyl (C=O) groups is 2. The number of hydrogen-bond acceptors (Lipinski definition) is 2. The molecule has 114 valence electrons. The highest BCUT2D eigenvalue weighted by Gasteiger charge is 2.34. The molecule has 4 nitrogen and oxygen atoms in total. The van der Waals surface area contributed by atoms with Crippen molar-refractivity contribution in [3.05, 3.63) is 29.8 Å². The topological polar surface area (TPSA) is 49.4 Å². The van der Waals surface area contributed by atoms with Gasteiger partial charge in [0.1, 0.15) is 0 Å². The lowest BCUT2D eigenvalue weighted by Gasteiger charge is -2.17. The molecule has 1 heterocycles. The Hall–Kier alpha value is -1.84. The second kappa shape index (κ2) is 7.25. The van der Waals surface area contributed by atoms with Gasteiger partial charge < -0.3 is 10.2 Å². The van der Waals surface area contributed by atoms with Crippen LogP contribution in [0.1, 0.15) is 38.2 Å². The summed E-state index contributed by atoms with van der Waals surface area (Å²) in [5.74, 6) is -0.177. The van der Waals surface area contributed by atoms with Gasteiger partial charge in [0, 0.05) is 25.2 Å². The number of aryl methyl sites for hydroxylation is 1. The van der Waals surface area contributed by atoms with Gasteiger partial charge in [-0.3, -0.25) is 9.59 Å². The molecule has 1 N–H and O–H groups in total. The average Bonchev–Trinajstić information content (AvgIpc) is 2.85. The van der Waals surface area contributed by atoms with Gasteiger partial charge in [0.2, 0.25) is 11.8 Å². The number of hydrogen-bond donors (Lipinski definition) is 1. The Morgan fingerprint density at radius 3 is 2.90 bits per heavy atom. The molecule has 0 radical (unpaired) electrons. The standard InChI is InChI=1S/C17H24N2O2/c1-3-4-5-9-18-17(21)14-11-16(20)19(12-14)15-8-6-7-13(2)10-15/h6-8,10,14H,3-5,9,11-12H2,1-2H3,(H,18,21). The van der Waals surface area contributed by atoms with Crippen LogP contribution < -0.4 is 10.2 Å². The van der Waals surface area contributed by atoms with Crippen LogP contribution in [-0.2, 0) is 9.59 Å². The number of nitrogens with one attached hydrogen (secondary N) is 1. The number of carbonyl (C=O) groups excluding carboxylic acids is 2. The van der Waals surface area contributed by atoms with Gasteiger partial charge in [-0.2, -0.15) is 0 Å². The van der Waals surface area contributed by atoms with E-state index in [-0.39, 0.29) is 17.7 Å². The number of unbranched alkanes of at least 4 members (excludes halogenated alkanes) is 2. The lowest BCUT2D eigenvalue weighted by molar-refractivity contribution is -0.126. The molecule has 1 fully saturated rings. The summed E-state index contributed by atoms with van der Waals surface area (Å²) in [6.07, 6.45) is 3.58. The van der Waals surface area contributed by atoms with Crippen molar-refractivity contribution in [1.29, 1.82) is 0 Å². The van der Waals surface area contributed by atoms with E-state index in [1.54, 1.807) is 4.90 Å². The van der Waals surface area contributed by atoms with Gasteiger partial charge in [0.05, 0.1) is 5.92 Å². The van der Waals surface area contributed by atoms with E-state index in [4.69, 9.17) is 0 Å². The van der Waals surface area contributed by atoms with E-state index in [1.165, 1.54) is 0 Å². The van der Waals surface area contributed by atoms with Crippen LogP contribution in [-0.4, -0.2) is 24.9 Å². The highest BCUT2D eigenvalue weighted by atomic mass is 16.2. The largest absolute Gasteiger partial charge is 0.356 e. The Morgan fingerprint density at radius 1 is 1.38 bits per heavy atom. The predicted octanol–water partition coefficient (Wildman–Crippen LogP) is 2.65. The molecule has 1 aromatic carbocycles. The van der Waals surface area contributed by atoms with Gasteiger partial charge in [0.25, 0.3) is 0 Å². The molecule has 2 amide bonds. The summed E-state index contributed by atoms with van der Waals surface area (Å²) in [5.41, 5.74) is 2.01. The molecule has 0 saturated carbocycles. The highest BCUT2D eigenvalue weighted by molar-refractivity contribution is 6.00. The SMILES string of the molecule is CCCCCNC(=O)C1CC(=O)N(c2cccc(C)c2)C1. The number of anilines is 1. The fourth-order valence-corrected chi connectivity index (χ4v) is 2.66. The van der Waals surface area contributed by atoms with Crippen molar-refractivity contribution in [2.45, 2.75) is 39.5 Å². The van der Waals surface area contributed by atoms with Crippen molar-refractivity contribution in [1.82, 2.24) is 5.32 Å². The van der Waals surface area contributed by atoms with Crippen molar-refractivity contribution < 1.29 is 9.59 Å². The summed E-state index contributed by atoms with van der Waals surface area (Å²) in [6, 6.07) is 7.85. The lowest BCUT2D eigenvalue weighted by atomic mass is 10.1. The van der Waals surface area contributed by atoms with Crippen LogP contribution in [0, 0.1) is 12.8 Å². The number of amides is 2. The van der Waals surface area contributed by atoms with Crippen LogP contribution in [0.5, 0.6) is 0 Å². The molecular formula is C17H24N2O2. The maximum Gasteiger partial charge on any atom is 0.227 e. The molecular weight excluding hydrogens is 264 g/mol. The smallest absolute Gasteiger partial charge is 0.227 e. The predicted molar refractivity (Wildman–Crippen MR) is 84.2 cm³/mol. The van der Waals surface area contributed by atoms with Gasteiger partial charge >= 0.3 is 0 Å². The minimum absolute atomic E-state index is 0.00889. The zero-order chi connectivity index (χ0) is 15.2. The summed E-state index contributed by atoms with van der Waals surface area (Å²) in [6.45, 7) is 5.34. The van der Waals surface area contributed by atoms with Crippen molar-refractivity contribution >= 4 is 17.5 Å². The monoisotopic (exact) mass is 288 g/mol. The van der Waals surface area contributed by atoms with Gasteiger partial charge in [-0.1, -0.05) is 31.9 Å². The molecule has 1 aromatic rings. The fourth-order valence-electron chi connectivity index (χ4n) is 2.66. The van der Waals surface area contributed by atoms with Crippen LogP contribution in [0.25, 0.3) is 0 Å². The van der Waals surface area contributed by atoms with Gasteiger partial charge in [0.15, 0.2) is 0 Å². The average molecular weight is 288 g/mol. The van der Waals surface area contributed by atoms with E-state index >= 15 is 0 Å². The Morgan fingerprint density at radius 2 is 2.19 bits per heavy atom. The molecule has 0 bridgehead atoms. The van der Waals surface area contributed by atoms with E-state index in [9.17, 15) is 9.59 Å². The minimum atomic E-state index is -0.223. The van der Waals surface area contributed by atoms with Gasteiger partial charge in [-0.15, -0.1) is 0 Å². The number of benzene rings is 1. The van der Waals surface area contributed by atoms with Crippen LogP contribution in [0.4, 0.5) is 5.69 Å². The molecule has 21 heavy (non-hydrogen) atoms. The third-order valence-corrected chi connectivity index (χ3v) is 3.89. The first-order valence-corrected chi connectivity index (χ1v) is 7.76. The van der Waals surface area contributed by atoms with Crippen LogP contribution in [0.3, 0.4) is 0 Å². The Bertz CT molecular complexity index is 513. The van der Waals surface area contributed by atoms with Crippen molar-refractivity contribution in [3.63, 3.8) is 0 Å². The molecule has 0 spiro atoms. The first-order valence-electron chi connectivity index (χ1n) is 7.76. The molecule has 1 aliphatic rings. The Kier molecular flexibility index (Phi) is 5.37. The van der Waals surface area contributed by atoms with Crippen molar-refractivity contribution in [2.24, 2.45) is 5.92 Å². The second-order valence-electron chi connectivity index (χ2n) is 5.74. The van der Waals surface area contributed by atoms with E-state index in [0.717, 1.165) is 30.5 Å². The second-order valence-corrected chi connectivity index (χ2v) is 5.74. The minimum Gasteiger partial charge on any atom is -0.356 e. The zero-order valence-corrected chi connectivity index (χ0v) is 12.9. The molecule has 1 unspecified atom stereocenters. The number of rotatable bonds is 6. The highest BCUT2D eigenvalue weighted by Crippen LogP contribution is 2.25. The maximum absolute atomic E-state index is 12.1. The van der Waals surface area contributed by atoms with Crippen molar-refractivity contribution in [3.8, 4) is 0 Å². The summed E-state index contributed by atoms with van der Waals surface area (Å²) in [7, 11) is 0. The summed E-state index contributed by atoms with van der Waals surface area (Å²) >= 11 is 0. The summed E-state index contributed by atoms with van der Waals surface area (Å²) < 4.78 is 0. The van der Waals surface area contributed by atoms with Crippen LogP contribution >= 0.6 is 0 Å². The molecule has 1 aliphatic heterocycles. The van der Waals surface area contributed by atoms with E-state index in [2.05, 4.69) is 12.2 Å². The molecule has 1 atom stereocenters. The molecule has 2 rings (SSSR count). The maximum atomic E-state index is 12.1. The van der Waals surface area contributed by atoms with Crippen LogP contribution in [0.15, 0.2) is 24.3 Å². The molecule has 4 heteroatoms. The van der Waals surface area contributed by atoms with Gasteiger partial charge in [-0.05, 0) is 31.0 Å². The normalized spacial score (nSPS) is 18.1. The van der Waals surface area contributed by atoms with Crippen LogP contribution in [0.2, 0.25) is 0 Å². The van der Waals surface area contributed by atoms with Crippen molar-refractivity contribution in [2.75, 3.05) is 18.0 Å². The summed E-state index contributed by atoms with van der Waals surface area (Å²) in [4.78, 5) is 26.0. The third kappa shape index (κ3) is 4.06. The summed E-state index contributed by atoms with van der Waals surface area (Å²) in [5, 5.41) is 2.95. The molecule has 0 aliphatic carbocycles. The van der Waals surface area contributed by atoms with E-state index in [1.807, 2.05) is 31.2 Å². The lowest BCUT2D eigenvalue weighted by Crippen LogP contribution is -2.33. The fraction of sp³-hybridized carbons (Fsp3) is 0.529. The quantitative estimate of drug-likeness (QED) is 0.818. The van der Waals surface area contributed by atoms with Gasteiger partial charge in [-0.25, -0.2) is 0 Å². The Balaban J connectivity index is 1.91. The first kappa shape index (κ1) is 15.5. The first-order chi connectivity index (χ1) is 10.1. The molecule has 1 saturated heterocycles.